The molecule has 0 saturated heterocycles. The van der Waals surface area contributed by atoms with E-state index < -0.39 is 17.6 Å². The third-order valence-electron chi connectivity index (χ3n) is 4.47. The zero-order valence-corrected chi connectivity index (χ0v) is 16.6. The van der Waals surface area contributed by atoms with Crippen molar-refractivity contribution < 1.29 is 28.6 Å². The number of pyridine rings is 1. The number of benzene rings is 2. The standard InChI is InChI=1S/C20H12ClF2N3O3.C2H2/c21-13-4-5-14(22)18(19(13)23)11-1-3-12(26(29)9-11)8-17-24-15-6-2-10(20(27)28)7-16(15)25-17;1-2/h1-7,9H,8H2,(H2-,24,25,27,28,29);1-2H/p+1. The van der Waals surface area contributed by atoms with Gasteiger partial charge in [0, 0.05) is 10.8 Å². The highest BCUT2D eigenvalue weighted by Gasteiger charge is 2.21. The average Bonchev–Trinajstić information content (AvgIpc) is 3.16. The van der Waals surface area contributed by atoms with Gasteiger partial charge < -0.3 is 10.1 Å². The number of hydrogen-bond acceptors (Lipinski definition) is 3. The molecule has 4 aromatic rings. The fourth-order valence-electron chi connectivity index (χ4n) is 3.05. The van der Waals surface area contributed by atoms with Gasteiger partial charge in [0.25, 0.3) is 0 Å². The molecular formula is C22H15ClF2N3O3+. The lowest BCUT2D eigenvalue weighted by Crippen LogP contribution is -2.35. The van der Waals surface area contributed by atoms with Crippen molar-refractivity contribution in [2.75, 3.05) is 0 Å². The summed E-state index contributed by atoms with van der Waals surface area (Å²) >= 11 is 5.72. The van der Waals surface area contributed by atoms with E-state index in [4.69, 9.17) is 16.7 Å². The van der Waals surface area contributed by atoms with Gasteiger partial charge in [-0.3, -0.25) is 5.21 Å². The third kappa shape index (κ3) is 4.32. The van der Waals surface area contributed by atoms with Crippen molar-refractivity contribution >= 4 is 28.6 Å². The van der Waals surface area contributed by atoms with Crippen molar-refractivity contribution in [2.24, 2.45) is 0 Å². The minimum absolute atomic E-state index is 0.115. The minimum atomic E-state index is -1.05. The first kappa shape index (κ1) is 21.7. The molecule has 2 heterocycles. The van der Waals surface area contributed by atoms with Crippen LogP contribution in [0.4, 0.5) is 8.78 Å². The summed E-state index contributed by atoms with van der Waals surface area (Å²) in [5, 5.41) is 19.1. The molecule has 3 N–H and O–H groups in total. The number of terminal acetylenes is 1. The quantitative estimate of drug-likeness (QED) is 0.191. The first-order chi connectivity index (χ1) is 14.8. The van der Waals surface area contributed by atoms with Gasteiger partial charge in [-0.2, -0.15) is 0 Å². The molecule has 2 aromatic heterocycles. The van der Waals surface area contributed by atoms with Gasteiger partial charge in [0.05, 0.1) is 39.2 Å². The lowest BCUT2D eigenvalue weighted by Gasteiger charge is -2.05. The summed E-state index contributed by atoms with van der Waals surface area (Å²) in [6, 6.07) is 9.64. The topological polar surface area (TPSA) is 90.1 Å². The molecule has 9 heteroatoms. The summed E-state index contributed by atoms with van der Waals surface area (Å²) < 4.78 is 29.0. The predicted octanol–water partition coefficient (Wildman–Crippen LogP) is 4.22. The number of carboxylic acids is 1. The number of fused-ring (bicyclic) bond motifs is 1. The lowest BCUT2D eigenvalue weighted by molar-refractivity contribution is -0.909. The van der Waals surface area contributed by atoms with Crippen LogP contribution in [0.1, 0.15) is 21.9 Å². The molecule has 0 bridgehead atoms. The van der Waals surface area contributed by atoms with E-state index in [2.05, 4.69) is 22.8 Å². The number of H-pyrrole nitrogens is 1. The van der Waals surface area contributed by atoms with Crippen LogP contribution in [0.3, 0.4) is 0 Å². The highest BCUT2D eigenvalue weighted by Crippen LogP contribution is 2.30. The Bertz CT molecular complexity index is 1320. The van der Waals surface area contributed by atoms with Crippen molar-refractivity contribution in [3.8, 4) is 24.0 Å². The highest BCUT2D eigenvalue weighted by atomic mass is 35.5. The van der Waals surface area contributed by atoms with E-state index in [1.165, 1.54) is 30.5 Å². The number of rotatable bonds is 4. The molecule has 0 aliphatic rings. The second kappa shape index (κ2) is 8.81. The number of imidazole rings is 1. The number of carboxylic acid groups (broad SMARTS) is 1. The number of nitrogens with zero attached hydrogens (tertiary/aromatic N) is 2. The molecule has 0 atom stereocenters. The maximum atomic E-state index is 14.2. The molecule has 0 saturated carbocycles. The summed E-state index contributed by atoms with van der Waals surface area (Å²) in [4.78, 5) is 18.4. The molecule has 0 radical (unpaired) electrons. The fourth-order valence-corrected chi connectivity index (χ4v) is 3.21. The van der Waals surface area contributed by atoms with Crippen LogP contribution < -0.4 is 4.73 Å². The van der Waals surface area contributed by atoms with E-state index in [1.807, 2.05) is 0 Å². The van der Waals surface area contributed by atoms with E-state index >= 15 is 0 Å². The van der Waals surface area contributed by atoms with Crippen LogP contribution >= 0.6 is 11.6 Å². The highest BCUT2D eigenvalue weighted by molar-refractivity contribution is 6.31. The van der Waals surface area contributed by atoms with E-state index in [0.29, 0.717) is 22.6 Å². The number of aromatic nitrogens is 3. The van der Waals surface area contributed by atoms with Gasteiger partial charge in [0.2, 0.25) is 11.9 Å². The number of nitrogens with one attached hydrogen (secondary N) is 1. The number of aromatic carboxylic acids is 1. The minimum Gasteiger partial charge on any atom is -0.478 e. The van der Waals surface area contributed by atoms with E-state index in [0.717, 1.165) is 16.9 Å². The number of hydrogen-bond donors (Lipinski definition) is 3. The summed E-state index contributed by atoms with van der Waals surface area (Å²) in [5.41, 5.74) is 1.42. The van der Waals surface area contributed by atoms with E-state index in [9.17, 15) is 18.8 Å². The number of aromatic amines is 1. The second-order valence-corrected chi connectivity index (χ2v) is 6.78. The van der Waals surface area contributed by atoms with Crippen molar-refractivity contribution in [3.63, 3.8) is 0 Å². The SMILES string of the molecule is C#C.O=C(O)c1ccc2nc(Cc3ccc(-c4c(F)ccc(Cl)c4F)c[n+]3O)[nH]c2c1. The molecule has 6 nitrogen and oxygen atoms in total. The molecular weight excluding hydrogens is 428 g/mol. The van der Waals surface area contributed by atoms with E-state index in [-0.39, 0.29) is 28.1 Å². The third-order valence-corrected chi connectivity index (χ3v) is 4.76. The largest absolute Gasteiger partial charge is 0.478 e. The van der Waals surface area contributed by atoms with Crippen molar-refractivity contribution in [1.82, 2.24) is 9.97 Å². The maximum absolute atomic E-state index is 14.2. The average molecular weight is 443 g/mol. The molecule has 0 aliphatic carbocycles. The van der Waals surface area contributed by atoms with Gasteiger partial charge in [-0.15, -0.1) is 12.8 Å². The molecule has 4 rings (SSSR count). The molecule has 0 aliphatic heterocycles. The van der Waals surface area contributed by atoms with Crippen LogP contribution in [0.25, 0.3) is 22.2 Å². The Hall–Kier alpha value is -3.96. The van der Waals surface area contributed by atoms with Crippen molar-refractivity contribution in [2.45, 2.75) is 6.42 Å². The molecule has 31 heavy (non-hydrogen) atoms. The molecule has 2 aromatic carbocycles. The molecule has 0 fully saturated rings. The van der Waals surface area contributed by atoms with Gasteiger partial charge in [0.15, 0.2) is 5.82 Å². The van der Waals surface area contributed by atoms with Gasteiger partial charge in [-0.1, -0.05) is 11.6 Å². The second-order valence-electron chi connectivity index (χ2n) is 6.37. The smallest absolute Gasteiger partial charge is 0.335 e. The van der Waals surface area contributed by atoms with Crippen LogP contribution in [0, 0.1) is 24.5 Å². The number of carbonyl (C=O) groups is 1. The van der Waals surface area contributed by atoms with Crippen molar-refractivity contribution in [3.05, 3.63) is 82.4 Å². The van der Waals surface area contributed by atoms with Gasteiger partial charge in [-0.25, -0.2) is 18.6 Å². The lowest BCUT2D eigenvalue weighted by atomic mass is 10.1. The molecule has 156 valence electrons. The Morgan fingerprint density at radius 3 is 2.58 bits per heavy atom. The Morgan fingerprint density at radius 2 is 1.90 bits per heavy atom. The first-order valence-corrected chi connectivity index (χ1v) is 9.14. The Morgan fingerprint density at radius 1 is 1.16 bits per heavy atom. The summed E-state index contributed by atoms with van der Waals surface area (Å²) in [6.07, 6.45) is 9.35. The summed E-state index contributed by atoms with van der Waals surface area (Å²) in [7, 11) is 0. The monoisotopic (exact) mass is 442 g/mol. The van der Waals surface area contributed by atoms with Crippen LogP contribution in [0.2, 0.25) is 5.02 Å². The Labute approximate surface area is 180 Å². The Kier molecular flexibility index (Phi) is 6.18. The molecule has 0 spiro atoms. The van der Waals surface area contributed by atoms with Gasteiger partial charge >= 0.3 is 5.97 Å². The zero-order valence-electron chi connectivity index (χ0n) is 15.8. The van der Waals surface area contributed by atoms with Crippen molar-refractivity contribution in [1.29, 1.82) is 0 Å². The van der Waals surface area contributed by atoms with Crippen LogP contribution in [-0.2, 0) is 6.42 Å². The summed E-state index contributed by atoms with van der Waals surface area (Å²) in [6.45, 7) is 0. The van der Waals surface area contributed by atoms with Crippen LogP contribution in [0.15, 0.2) is 48.7 Å². The maximum Gasteiger partial charge on any atom is 0.335 e. The van der Waals surface area contributed by atoms with Gasteiger partial charge in [-0.05, 0) is 36.4 Å². The zero-order chi connectivity index (χ0) is 22.7. The van der Waals surface area contributed by atoms with E-state index in [1.54, 1.807) is 6.07 Å². The predicted molar refractivity (Wildman–Crippen MR) is 110 cm³/mol. The first-order valence-electron chi connectivity index (χ1n) is 8.76. The molecule has 0 amide bonds. The fraction of sp³-hybridized carbons (Fsp3) is 0.0455. The van der Waals surface area contributed by atoms with Crippen LogP contribution in [0.5, 0.6) is 0 Å². The molecule has 0 unspecified atom stereocenters. The van der Waals surface area contributed by atoms with Crippen LogP contribution in [-0.4, -0.2) is 26.3 Å². The normalized spacial score (nSPS) is 10.5. The van der Waals surface area contributed by atoms with Gasteiger partial charge in [0.1, 0.15) is 11.6 Å². The summed E-state index contributed by atoms with van der Waals surface area (Å²) in [5.74, 6) is -2.28. The Balaban J connectivity index is 0.00000132. The number of halogens is 3.